The predicted molar refractivity (Wildman–Crippen MR) is 102 cm³/mol. The van der Waals surface area contributed by atoms with E-state index in [1.54, 1.807) is 0 Å². The number of aliphatic hydroxyl groups is 1. The Morgan fingerprint density at radius 3 is 2.62 bits per heavy atom. The summed E-state index contributed by atoms with van der Waals surface area (Å²) < 4.78 is 0. The van der Waals surface area contributed by atoms with E-state index in [1.165, 1.54) is 10.9 Å². The van der Waals surface area contributed by atoms with Crippen LogP contribution in [0.1, 0.15) is 35.6 Å². The molecule has 2 heteroatoms. The first-order valence-corrected chi connectivity index (χ1v) is 8.38. The molecule has 2 nitrogen and oxygen atoms in total. The molecule has 0 radical (unpaired) electrons. The Labute approximate surface area is 143 Å². The number of nitrogens with zero attached hydrogens (tertiary/aromatic N) is 1. The van der Waals surface area contributed by atoms with Crippen molar-refractivity contribution in [3.05, 3.63) is 71.4 Å². The van der Waals surface area contributed by atoms with Crippen molar-refractivity contribution in [2.75, 3.05) is 0 Å². The first kappa shape index (κ1) is 16.3. The fraction of sp³-hybridized carbons (Fsp3) is 0.227. The number of fused-ring (bicyclic) bond motifs is 1. The summed E-state index contributed by atoms with van der Waals surface area (Å²) in [6.07, 6.45) is 4.06. The normalized spacial score (nSPS) is 11.0. The van der Waals surface area contributed by atoms with Gasteiger partial charge < -0.3 is 5.11 Å². The maximum absolute atomic E-state index is 10.1. The standard InChI is InChI=1S/C22H23NO/c1-5-6-17-7-8-19-18(13-17)9-10-23-22(19)20-12-14(2)11-15(3)21(20)16(4)24/h7-13,24H,4-6H2,1-3H3. The van der Waals surface area contributed by atoms with E-state index in [-0.39, 0.29) is 5.76 Å². The number of aromatic nitrogens is 1. The summed E-state index contributed by atoms with van der Waals surface area (Å²) in [5.41, 5.74) is 6.11. The molecule has 1 heterocycles. The molecule has 0 bridgehead atoms. The van der Waals surface area contributed by atoms with E-state index in [0.29, 0.717) is 0 Å². The van der Waals surface area contributed by atoms with Gasteiger partial charge in [-0.1, -0.05) is 49.8 Å². The van der Waals surface area contributed by atoms with Crippen LogP contribution in [0.4, 0.5) is 0 Å². The van der Waals surface area contributed by atoms with Crippen LogP contribution in [0.2, 0.25) is 0 Å². The van der Waals surface area contributed by atoms with E-state index in [1.807, 2.05) is 19.2 Å². The van der Waals surface area contributed by atoms with Crippen molar-refractivity contribution in [2.24, 2.45) is 0 Å². The lowest BCUT2D eigenvalue weighted by atomic mass is 9.92. The van der Waals surface area contributed by atoms with Crippen molar-refractivity contribution in [1.82, 2.24) is 4.98 Å². The average Bonchev–Trinajstić information content (AvgIpc) is 2.53. The Morgan fingerprint density at radius 1 is 1.12 bits per heavy atom. The Kier molecular flexibility index (Phi) is 4.39. The number of aryl methyl sites for hydroxylation is 3. The molecule has 3 aromatic rings. The molecule has 0 atom stereocenters. The highest BCUT2D eigenvalue weighted by molar-refractivity contribution is 5.97. The van der Waals surface area contributed by atoms with Gasteiger partial charge in [-0.05, 0) is 48.9 Å². The van der Waals surface area contributed by atoms with Crippen LogP contribution in [0.5, 0.6) is 0 Å². The second kappa shape index (κ2) is 6.48. The van der Waals surface area contributed by atoms with Gasteiger partial charge in [0.2, 0.25) is 0 Å². The summed E-state index contributed by atoms with van der Waals surface area (Å²) in [5.74, 6) is 0.0870. The average molecular weight is 317 g/mol. The molecule has 0 spiro atoms. The SMILES string of the molecule is C=C(O)c1c(C)cc(C)cc1-c1nccc2cc(CCC)ccc12. The number of hydrogen-bond donors (Lipinski definition) is 1. The summed E-state index contributed by atoms with van der Waals surface area (Å²) in [5, 5.41) is 12.4. The molecule has 1 aromatic heterocycles. The fourth-order valence-corrected chi connectivity index (χ4v) is 3.42. The van der Waals surface area contributed by atoms with Gasteiger partial charge in [0.1, 0.15) is 5.76 Å². The Hall–Kier alpha value is -2.61. The molecular weight excluding hydrogens is 294 g/mol. The zero-order chi connectivity index (χ0) is 17.3. The van der Waals surface area contributed by atoms with Crippen LogP contribution in [0.25, 0.3) is 27.8 Å². The molecule has 0 aliphatic heterocycles. The third-order valence-electron chi connectivity index (χ3n) is 4.39. The minimum Gasteiger partial charge on any atom is -0.508 e. The molecule has 0 saturated heterocycles. The lowest BCUT2D eigenvalue weighted by Crippen LogP contribution is -1.97. The minimum atomic E-state index is 0.0870. The maximum Gasteiger partial charge on any atom is 0.116 e. The quantitative estimate of drug-likeness (QED) is 0.599. The highest BCUT2D eigenvalue weighted by Crippen LogP contribution is 2.34. The fourth-order valence-electron chi connectivity index (χ4n) is 3.42. The van der Waals surface area contributed by atoms with Crippen LogP contribution in [-0.2, 0) is 6.42 Å². The van der Waals surface area contributed by atoms with Crippen molar-refractivity contribution in [3.63, 3.8) is 0 Å². The molecule has 24 heavy (non-hydrogen) atoms. The number of rotatable bonds is 4. The van der Waals surface area contributed by atoms with Gasteiger partial charge in [0, 0.05) is 22.7 Å². The zero-order valence-corrected chi connectivity index (χ0v) is 14.6. The second-order valence-corrected chi connectivity index (χ2v) is 6.42. The third kappa shape index (κ3) is 2.92. The van der Waals surface area contributed by atoms with E-state index in [2.05, 4.69) is 55.7 Å². The molecule has 0 saturated carbocycles. The maximum atomic E-state index is 10.1. The predicted octanol–water partition coefficient (Wildman–Crippen LogP) is 6.00. The summed E-state index contributed by atoms with van der Waals surface area (Å²) in [4.78, 5) is 4.63. The number of pyridine rings is 1. The van der Waals surface area contributed by atoms with E-state index < -0.39 is 0 Å². The van der Waals surface area contributed by atoms with Gasteiger partial charge in [-0.25, -0.2) is 0 Å². The van der Waals surface area contributed by atoms with Gasteiger partial charge in [-0.2, -0.15) is 0 Å². The van der Waals surface area contributed by atoms with Crippen LogP contribution in [-0.4, -0.2) is 10.1 Å². The highest BCUT2D eigenvalue weighted by atomic mass is 16.3. The van der Waals surface area contributed by atoms with Gasteiger partial charge in [0.25, 0.3) is 0 Å². The number of aliphatic hydroxyl groups excluding tert-OH is 1. The summed E-state index contributed by atoms with van der Waals surface area (Å²) in [6, 6.07) is 12.7. The van der Waals surface area contributed by atoms with E-state index in [0.717, 1.165) is 46.2 Å². The van der Waals surface area contributed by atoms with Crippen LogP contribution >= 0.6 is 0 Å². The van der Waals surface area contributed by atoms with E-state index >= 15 is 0 Å². The summed E-state index contributed by atoms with van der Waals surface area (Å²) in [6.45, 7) is 10.00. The van der Waals surface area contributed by atoms with E-state index in [4.69, 9.17) is 0 Å². The minimum absolute atomic E-state index is 0.0870. The lowest BCUT2D eigenvalue weighted by Gasteiger charge is -2.15. The van der Waals surface area contributed by atoms with Crippen molar-refractivity contribution in [1.29, 1.82) is 0 Å². The van der Waals surface area contributed by atoms with Crippen molar-refractivity contribution < 1.29 is 5.11 Å². The smallest absolute Gasteiger partial charge is 0.116 e. The second-order valence-electron chi connectivity index (χ2n) is 6.42. The molecule has 0 unspecified atom stereocenters. The molecule has 0 fully saturated rings. The van der Waals surface area contributed by atoms with Crippen LogP contribution in [0.3, 0.4) is 0 Å². The first-order valence-electron chi connectivity index (χ1n) is 8.38. The van der Waals surface area contributed by atoms with E-state index in [9.17, 15) is 5.11 Å². The van der Waals surface area contributed by atoms with Crippen LogP contribution in [0, 0.1) is 13.8 Å². The first-order chi connectivity index (χ1) is 11.5. The highest BCUT2D eigenvalue weighted by Gasteiger charge is 2.15. The molecule has 0 aliphatic rings. The molecule has 2 aromatic carbocycles. The molecule has 0 amide bonds. The Bertz CT molecular complexity index is 925. The zero-order valence-electron chi connectivity index (χ0n) is 14.6. The molecule has 3 rings (SSSR count). The Morgan fingerprint density at radius 2 is 1.92 bits per heavy atom. The Balaban J connectivity index is 2.29. The lowest BCUT2D eigenvalue weighted by molar-refractivity contribution is 0.513. The molecular formula is C22H23NO. The molecule has 122 valence electrons. The van der Waals surface area contributed by atoms with Gasteiger partial charge in [0.15, 0.2) is 0 Å². The molecule has 0 aliphatic carbocycles. The van der Waals surface area contributed by atoms with Gasteiger partial charge in [-0.3, -0.25) is 4.98 Å². The molecule has 1 N–H and O–H groups in total. The number of benzene rings is 2. The van der Waals surface area contributed by atoms with Crippen molar-refractivity contribution in [2.45, 2.75) is 33.6 Å². The van der Waals surface area contributed by atoms with Gasteiger partial charge in [0.05, 0.1) is 5.69 Å². The summed E-state index contributed by atoms with van der Waals surface area (Å²) >= 11 is 0. The van der Waals surface area contributed by atoms with Gasteiger partial charge >= 0.3 is 0 Å². The van der Waals surface area contributed by atoms with Crippen LogP contribution < -0.4 is 0 Å². The summed E-state index contributed by atoms with van der Waals surface area (Å²) in [7, 11) is 0. The largest absolute Gasteiger partial charge is 0.508 e. The third-order valence-corrected chi connectivity index (χ3v) is 4.39. The topological polar surface area (TPSA) is 33.1 Å². The van der Waals surface area contributed by atoms with Crippen LogP contribution in [0.15, 0.2) is 49.2 Å². The number of hydrogen-bond acceptors (Lipinski definition) is 2. The van der Waals surface area contributed by atoms with Crippen molar-refractivity contribution >= 4 is 16.5 Å². The van der Waals surface area contributed by atoms with Crippen molar-refractivity contribution in [3.8, 4) is 11.3 Å². The monoisotopic (exact) mass is 317 g/mol. The van der Waals surface area contributed by atoms with Gasteiger partial charge in [-0.15, -0.1) is 0 Å².